The van der Waals surface area contributed by atoms with E-state index in [4.69, 9.17) is 4.74 Å². The fourth-order valence-electron chi connectivity index (χ4n) is 5.14. The molecular formula is C27H32N2O5. The van der Waals surface area contributed by atoms with Gasteiger partial charge in [-0.1, -0.05) is 61.9 Å². The van der Waals surface area contributed by atoms with Gasteiger partial charge in [0.05, 0.1) is 5.41 Å². The van der Waals surface area contributed by atoms with Crippen LogP contribution in [0.3, 0.4) is 0 Å². The molecule has 0 bridgehead atoms. The summed E-state index contributed by atoms with van der Waals surface area (Å²) in [4.78, 5) is 37.5. The third-order valence-electron chi connectivity index (χ3n) is 7.68. The zero-order valence-corrected chi connectivity index (χ0v) is 19.9. The molecule has 2 aliphatic rings. The highest BCUT2D eigenvalue weighted by atomic mass is 16.5. The van der Waals surface area contributed by atoms with Crippen molar-refractivity contribution in [3.8, 4) is 11.1 Å². The van der Waals surface area contributed by atoms with E-state index < -0.39 is 29.1 Å². The normalized spacial score (nSPS) is 22.9. The monoisotopic (exact) mass is 464 g/mol. The number of carbonyl (C=O) groups is 3. The first-order valence-corrected chi connectivity index (χ1v) is 11.9. The average molecular weight is 465 g/mol. The van der Waals surface area contributed by atoms with Crippen LogP contribution in [0, 0.1) is 5.41 Å². The minimum Gasteiger partial charge on any atom is -0.480 e. The summed E-state index contributed by atoms with van der Waals surface area (Å²) in [5, 5.41) is 15.1. The molecule has 3 N–H and O–H groups in total. The van der Waals surface area contributed by atoms with E-state index in [0.717, 1.165) is 28.7 Å². The van der Waals surface area contributed by atoms with Crippen LogP contribution in [0.5, 0.6) is 0 Å². The molecule has 2 aromatic carbocycles. The van der Waals surface area contributed by atoms with Crippen LogP contribution in [0.1, 0.15) is 63.5 Å². The number of carboxylic acids is 1. The molecule has 34 heavy (non-hydrogen) atoms. The van der Waals surface area contributed by atoms with Crippen LogP contribution in [0.4, 0.5) is 4.79 Å². The maximum atomic E-state index is 13.1. The molecule has 7 heteroatoms. The highest BCUT2D eigenvalue weighted by Crippen LogP contribution is 2.44. The summed E-state index contributed by atoms with van der Waals surface area (Å²) >= 11 is 0. The van der Waals surface area contributed by atoms with Crippen LogP contribution >= 0.6 is 0 Å². The van der Waals surface area contributed by atoms with Gasteiger partial charge in [-0.25, -0.2) is 9.59 Å². The van der Waals surface area contributed by atoms with E-state index in [0.29, 0.717) is 12.8 Å². The lowest BCUT2D eigenvalue weighted by Crippen LogP contribution is -2.59. The van der Waals surface area contributed by atoms with E-state index in [1.54, 1.807) is 13.8 Å². The standard InChI is InChI=1S/C27H32N2O5/c1-4-27(3,24(31)32)29-23(30)26(2)15-9-14-22(26)28-25(33)34-16-21-19-12-7-5-10-17(19)18-11-6-8-13-20(18)21/h5-8,10-13,21-22H,4,9,14-16H2,1-3H3,(H,28,33)(H,29,30)(H,31,32). The van der Waals surface area contributed by atoms with E-state index in [1.165, 1.54) is 6.92 Å². The Kier molecular flexibility index (Phi) is 6.39. The molecule has 1 saturated carbocycles. The van der Waals surface area contributed by atoms with Gasteiger partial charge >= 0.3 is 12.1 Å². The molecule has 3 unspecified atom stereocenters. The van der Waals surface area contributed by atoms with E-state index in [1.807, 2.05) is 24.3 Å². The Morgan fingerprint density at radius 2 is 1.68 bits per heavy atom. The van der Waals surface area contributed by atoms with E-state index in [9.17, 15) is 19.5 Å². The van der Waals surface area contributed by atoms with Crippen LogP contribution < -0.4 is 10.6 Å². The Balaban J connectivity index is 1.42. The Bertz CT molecular complexity index is 1070. The molecule has 0 radical (unpaired) electrons. The predicted octanol–water partition coefficient (Wildman–Crippen LogP) is 4.45. The van der Waals surface area contributed by atoms with Gasteiger partial charge in [0, 0.05) is 12.0 Å². The first-order valence-electron chi connectivity index (χ1n) is 11.9. The zero-order valence-electron chi connectivity index (χ0n) is 19.9. The number of carbonyl (C=O) groups excluding carboxylic acids is 2. The van der Waals surface area contributed by atoms with Gasteiger partial charge in [0.2, 0.25) is 5.91 Å². The Morgan fingerprint density at radius 3 is 2.24 bits per heavy atom. The molecule has 2 aromatic rings. The van der Waals surface area contributed by atoms with Crippen LogP contribution in [0.15, 0.2) is 48.5 Å². The molecule has 2 aliphatic carbocycles. The van der Waals surface area contributed by atoms with Crippen molar-refractivity contribution in [1.29, 1.82) is 0 Å². The number of hydrogen-bond acceptors (Lipinski definition) is 4. The lowest BCUT2D eigenvalue weighted by molar-refractivity contribution is -0.149. The number of hydrogen-bond donors (Lipinski definition) is 3. The second kappa shape index (κ2) is 9.12. The highest BCUT2D eigenvalue weighted by Gasteiger charge is 2.48. The molecule has 0 saturated heterocycles. The van der Waals surface area contributed by atoms with Crippen LogP contribution in [0.2, 0.25) is 0 Å². The molecule has 180 valence electrons. The number of alkyl carbamates (subject to hydrolysis) is 1. The molecular weight excluding hydrogens is 432 g/mol. The summed E-state index contributed by atoms with van der Waals surface area (Å²) in [6.45, 7) is 5.20. The quantitative estimate of drug-likeness (QED) is 0.561. The van der Waals surface area contributed by atoms with Crippen LogP contribution in [-0.4, -0.2) is 41.3 Å². The summed E-state index contributed by atoms with van der Waals surface area (Å²) in [5.41, 5.74) is 2.33. The van der Waals surface area contributed by atoms with E-state index in [-0.39, 0.29) is 24.9 Å². The summed E-state index contributed by atoms with van der Waals surface area (Å²) in [6.07, 6.45) is 1.64. The van der Waals surface area contributed by atoms with Gasteiger partial charge < -0.3 is 20.5 Å². The van der Waals surface area contributed by atoms with Crippen molar-refractivity contribution in [2.45, 2.75) is 64.0 Å². The minimum atomic E-state index is -1.35. The minimum absolute atomic E-state index is 0.0442. The molecule has 3 atom stereocenters. The number of ether oxygens (including phenoxy) is 1. The second-order valence-corrected chi connectivity index (χ2v) is 9.78. The lowest BCUT2D eigenvalue weighted by Gasteiger charge is -2.34. The van der Waals surface area contributed by atoms with Crippen molar-refractivity contribution < 1.29 is 24.2 Å². The highest BCUT2D eigenvalue weighted by molar-refractivity contribution is 5.90. The number of benzene rings is 2. The average Bonchev–Trinajstić information content (AvgIpc) is 3.36. The molecule has 1 fully saturated rings. The maximum absolute atomic E-state index is 13.1. The van der Waals surface area contributed by atoms with Gasteiger partial charge in [-0.05, 0) is 55.4 Å². The number of rotatable bonds is 7. The molecule has 0 heterocycles. The van der Waals surface area contributed by atoms with Crippen LogP contribution in [-0.2, 0) is 14.3 Å². The molecule has 0 spiro atoms. The van der Waals surface area contributed by atoms with Crippen molar-refractivity contribution in [3.05, 3.63) is 59.7 Å². The number of carboxylic acid groups (broad SMARTS) is 1. The molecule has 0 aliphatic heterocycles. The van der Waals surface area contributed by atoms with Crippen LogP contribution in [0.25, 0.3) is 11.1 Å². The SMILES string of the molecule is CCC(C)(NC(=O)C1(C)CCCC1NC(=O)OCC1c2ccccc2-c2ccccc21)C(=O)O. The van der Waals surface area contributed by atoms with Gasteiger partial charge in [0.25, 0.3) is 0 Å². The Labute approximate surface area is 199 Å². The van der Waals surface area contributed by atoms with E-state index in [2.05, 4.69) is 34.9 Å². The molecule has 7 nitrogen and oxygen atoms in total. The zero-order chi connectivity index (χ0) is 24.5. The molecule has 0 aromatic heterocycles. The van der Waals surface area contributed by atoms with Gasteiger partial charge in [-0.3, -0.25) is 4.79 Å². The first kappa shape index (κ1) is 23.8. The second-order valence-electron chi connectivity index (χ2n) is 9.78. The van der Waals surface area contributed by atoms with Gasteiger partial charge in [0.1, 0.15) is 12.1 Å². The smallest absolute Gasteiger partial charge is 0.407 e. The van der Waals surface area contributed by atoms with Crippen molar-refractivity contribution >= 4 is 18.0 Å². The summed E-state index contributed by atoms with van der Waals surface area (Å²) in [5.74, 6) is -1.48. The molecule has 4 rings (SSSR count). The van der Waals surface area contributed by atoms with Gasteiger partial charge in [0.15, 0.2) is 0 Å². The summed E-state index contributed by atoms with van der Waals surface area (Å²) < 4.78 is 5.66. The van der Waals surface area contributed by atoms with Crippen molar-refractivity contribution in [2.75, 3.05) is 6.61 Å². The van der Waals surface area contributed by atoms with Gasteiger partial charge in [-0.2, -0.15) is 0 Å². The fraction of sp³-hybridized carbons (Fsp3) is 0.444. The fourth-order valence-corrected chi connectivity index (χ4v) is 5.14. The third kappa shape index (κ3) is 4.15. The number of amides is 2. The number of aliphatic carboxylic acids is 1. The Morgan fingerprint density at radius 1 is 1.09 bits per heavy atom. The van der Waals surface area contributed by atoms with Gasteiger partial charge in [-0.15, -0.1) is 0 Å². The maximum Gasteiger partial charge on any atom is 0.407 e. The Hall–Kier alpha value is -3.35. The number of nitrogens with one attached hydrogen (secondary N) is 2. The topological polar surface area (TPSA) is 105 Å². The largest absolute Gasteiger partial charge is 0.480 e. The summed E-state index contributed by atoms with van der Waals surface area (Å²) in [7, 11) is 0. The first-order chi connectivity index (χ1) is 16.2. The predicted molar refractivity (Wildman–Crippen MR) is 128 cm³/mol. The van der Waals surface area contributed by atoms with E-state index >= 15 is 0 Å². The summed E-state index contributed by atoms with van der Waals surface area (Å²) in [6, 6.07) is 15.8. The van der Waals surface area contributed by atoms with Crippen molar-refractivity contribution in [3.63, 3.8) is 0 Å². The molecule has 2 amide bonds. The van der Waals surface area contributed by atoms with Crippen molar-refractivity contribution in [2.24, 2.45) is 5.41 Å². The van der Waals surface area contributed by atoms with Crippen molar-refractivity contribution in [1.82, 2.24) is 10.6 Å². The number of fused-ring (bicyclic) bond motifs is 3. The lowest BCUT2D eigenvalue weighted by atomic mass is 9.82. The third-order valence-corrected chi connectivity index (χ3v) is 7.68.